The molecule has 2 nitrogen and oxygen atoms in total. The van der Waals surface area contributed by atoms with Crippen molar-refractivity contribution < 1.29 is 9.84 Å². The molecule has 94 valence electrons. The number of hydrogen-bond acceptors (Lipinski definition) is 3. The molecule has 0 bridgehead atoms. The summed E-state index contributed by atoms with van der Waals surface area (Å²) in [6.07, 6.45) is 3.32. The fourth-order valence-corrected chi connectivity index (χ4v) is 3.50. The molecule has 2 unspecified atom stereocenters. The maximum absolute atomic E-state index is 10.3. The Bertz CT molecular complexity index is 331. The predicted molar refractivity (Wildman–Crippen MR) is 72.7 cm³/mol. The highest BCUT2D eigenvalue weighted by Crippen LogP contribution is 2.35. The van der Waals surface area contributed by atoms with Gasteiger partial charge in [0.15, 0.2) is 0 Å². The second kappa shape index (κ2) is 6.31. The highest BCUT2D eigenvalue weighted by molar-refractivity contribution is 7.99. The van der Waals surface area contributed by atoms with E-state index in [4.69, 9.17) is 4.74 Å². The van der Waals surface area contributed by atoms with Crippen LogP contribution >= 0.6 is 11.8 Å². The molecule has 0 aromatic heterocycles. The minimum Gasteiger partial charge on any atom is -0.494 e. The first kappa shape index (κ1) is 12.8. The zero-order valence-corrected chi connectivity index (χ0v) is 11.1. The normalized spacial score (nSPS) is 22.1. The molecule has 1 aromatic carbocycles. The average Bonchev–Trinajstić information content (AvgIpc) is 2.40. The lowest BCUT2D eigenvalue weighted by Gasteiger charge is -2.26. The first-order valence-corrected chi connectivity index (χ1v) is 7.38. The molecular formula is C14H20O2S. The Labute approximate surface area is 107 Å². The van der Waals surface area contributed by atoms with E-state index in [1.807, 2.05) is 43.0 Å². The molecule has 1 aromatic rings. The minimum atomic E-state index is -0.337. The molecule has 0 amide bonds. The van der Waals surface area contributed by atoms with E-state index in [9.17, 15) is 5.11 Å². The van der Waals surface area contributed by atoms with Gasteiger partial charge in [0.2, 0.25) is 0 Å². The zero-order valence-electron chi connectivity index (χ0n) is 10.3. The summed E-state index contributed by atoms with van der Waals surface area (Å²) in [7, 11) is 0. The molecule has 1 aliphatic rings. The Kier molecular flexibility index (Phi) is 4.75. The predicted octanol–water partition coefficient (Wildman–Crippen LogP) is 3.40. The molecule has 0 aliphatic carbocycles. The van der Waals surface area contributed by atoms with Crippen LogP contribution < -0.4 is 4.74 Å². The van der Waals surface area contributed by atoms with Crippen LogP contribution in [0, 0.1) is 0 Å². The quantitative estimate of drug-likeness (QED) is 0.890. The standard InChI is InChI=1S/C14H20O2S/c1-2-16-12-8-6-11(7-9-12)14(15)13-5-3-4-10-17-13/h6-9,13-15H,2-5,10H2,1H3. The molecule has 17 heavy (non-hydrogen) atoms. The third-order valence-electron chi connectivity index (χ3n) is 3.10. The highest BCUT2D eigenvalue weighted by Gasteiger charge is 2.23. The van der Waals surface area contributed by atoms with E-state index in [0.29, 0.717) is 11.9 Å². The number of benzene rings is 1. The van der Waals surface area contributed by atoms with Crippen molar-refractivity contribution in [3.8, 4) is 5.75 Å². The first-order valence-electron chi connectivity index (χ1n) is 6.33. The average molecular weight is 252 g/mol. The van der Waals surface area contributed by atoms with Gasteiger partial charge < -0.3 is 9.84 Å². The smallest absolute Gasteiger partial charge is 0.119 e. The summed E-state index contributed by atoms with van der Waals surface area (Å²) in [5, 5.41) is 10.7. The fraction of sp³-hybridized carbons (Fsp3) is 0.571. The molecule has 3 heteroatoms. The molecule has 0 saturated carbocycles. The third kappa shape index (κ3) is 3.39. The summed E-state index contributed by atoms with van der Waals surface area (Å²) in [5.41, 5.74) is 1.01. The molecule has 0 spiro atoms. The molecule has 2 rings (SSSR count). The van der Waals surface area contributed by atoms with Gasteiger partial charge in [-0.2, -0.15) is 11.8 Å². The van der Waals surface area contributed by atoms with Gasteiger partial charge in [0.25, 0.3) is 0 Å². The summed E-state index contributed by atoms with van der Waals surface area (Å²) in [5.74, 6) is 2.05. The van der Waals surface area contributed by atoms with Gasteiger partial charge in [-0.1, -0.05) is 18.6 Å². The molecule has 1 saturated heterocycles. The van der Waals surface area contributed by atoms with Gasteiger partial charge in [-0.15, -0.1) is 0 Å². The van der Waals surface area contributed by atoms with Gasteiger partial charge in [-0.3, -0.25) is 0 Å². The lowest BCUT2D eigenvalue weighted by Crippen LogP contribution is -2.18. The third-order valence-corrected chi connectivity index (χ3v) is 4.55. The lowest BCUT2D eigenvalue weighted by atomic mass is 10.0. The zero-order chi connectivity index (χ0) is 12.1. The van der Waals surface area contributed by atoms with E-state index in [0.717, 1.165) is 17.7 Å². The van der Waals surface area contributed by atoms with Gasteiger partial charge in [0, 0.05) is 5.25 Å². The topological polar surface area (TPSA) is 29.5 Å². The Morgan fingerprint density at radius 3 is 2.71 bits per heavy atom. The SMILES string of the molecule is CCOc1ccc(C(O)C2CCCCS2)cc1. The van der Waals surface area contributed by atoms with Crippen LogP contribution in [0.4, 0.5) is 0 Å². The van der Waals surface area contributed by atoms with E-state index >= 15 is 0 Å². The number of hydrogen-bond donors (Lipinski definition) is 1. The van der Waals surface area contributed by atoms with Gasteiger partial charge >= 0.3 is 0 Å². The molecule has 1 heterocycles. The van der Waals surface area contributed by atoms with Crippen LogP contribution in [0.3, 0.4) is 0 Å². The molecule has 1 fully saturated rings. The van der Waals surface area contributed by atoms with Crippen molar-refractivity contribution in [3.63, 3.8) is 0 Å². The van der Waals surface area contributed by atoms with Gasteiger partial charge in [-0.05, 0) is 43.2 Å². The largest absolute Gasteiger partial charge is 0.494 e. The first-order chi connectivity index (χ1) is 8.31. The summed E-state index contributed by atoms with van der Waals surface area (Å²) in [6, 6.07) is 7.83. The molecular weight excluding hydrogens is 232 g/mol. The van der Waals surface area contributed by atoms with Crippen molar-refractivity contribution in [3.05, 3.63) is 29.8 Å². The molecule has 1 N–H and O–H groups in total. The van der Waals surface area contributed by atoms with E-state index in [-0.39, 0.29) is 6.10 Å². The summed E-state index contributed by atoms with van der Waals surface area (Å²) in [4.78, 5) is 0. The molecule has 1 aliphatic heterocycles. The van der Waals surface area contributed by atoms with Crippen molar-refractivity contribution in [2.45, 2.75) is 37.5 Å². The van der Waals surface area contributed by atoms with Crippen molar-refractivity contribution in [1.29, 1.82) is 0 Å². The van der Waals surface area contributed by atoms with E-state index in [1.54, 1.807) is 0 Å². The maximum Gasteiger partial charge on any atom is 0.119 e. The summed E-state index contributed by atoms with van der Waals surface area (Å²) in [6.45, 7) is 2.65. The number of rotatable bonds is 4. The fourth-order valence-electron chi connectivity index (χ4n) is 2.16. The monoisotopic (exact) mass is 252 g/mol. The number of aliphatic hydroxyl groups excluding tert-OH is 1. The van der Waals surface area contributed by atoms with E-state index in [2.05, 4.69) is 0 Å². The summed E-state index contributed by atoms with van der Waals surface area (Å²) >= 11 is 1.90. The van der Waals surface area contributed by atoms with Gasteiger partial charge in [0.1, 0.15) is 5.75 Å². The Morgan fingerprint density at radius 1 is 1.35 bits per heavy atom. The Hall–Kier alpha value is -0.670. The van der Waals surface area contributed by atoms with Crippen molar-refractivity contribution >= 4 is 11.8 Å². The Balaban J connectivity index is 2.00. The number of thioether (sulfide) groups is 1. The van der Waals surface area contributed by atoms with Crippen molar-refractivity contribution in [2.75, 3.05) is 12.4 Å². The van der Waals surface area contributed by atoms with Crippen LogP contribution in [0.1, 0.15) is 37.9 Å². The van der Waals surface area contributed by atoms with Crippen LogP contribution in [0.2, 0.25) is 0 Å². The van der Waals surface area contributed by atoms with E-state index < -0.39 is 0 Å². The minimum absolute atomic E-state index is 0.337. The lowest BCUT2D eigenvalue weighted by molar-refractivity contribution is 0.168. The number of aliphatic hydroxyl groups is 1. The second-order valence-corrected chi connectivity index (χ2v) is 5.70. The Morgan fingerprint density at radius 2 is 2.12 bits per heavy atom. The highest BCUT2D eigenvalue weighted by atomic mass is 32.2. The van der Waals surface area contributed by atoms with Crippen LogP contribution in [0.15, 0.2) is 24.3 Å². The van der Waals surface area contributed by atoms with Crippen molar-refractivity contribution in [1.82, 2.24) is 0 Å². The summed E-state index contributed by atoms with van der Waals surface area (Å²) < 4.78 is 5.40. The van der Waals surface area contributed by atoms with E-state index in [1.165, 1.54) is 18.6 Å². The molecule has 0 radical (unpaired) electrons. The van der Waals surface area contributed by atoms with Crippen molar-refractivity contribution in [2.24, 2.45) is 0 Å². The number of ether oxygens (including phenoxy) is 1. The van der Waals surface area contributed by atoms with Gasteiger partial charge in [-0.25, -0.2) is 0 Å². The second-order valence-electron chi connectivity index (χ2n) is 4.35. The van der Waals surface area contributed by atoms with Crippen LogP contribution in [-0.2, 0) is 0 Å². The maximum atomic E-state index is 10.3. The van der Waals surface area contributed by atoms with Crippen LogP contribution in [0.5, 0.6) is 5.75 Å². The molecule has 2 atom stereocenters. The van der Waals surface area contributed by atoms with Gasteiger partial charge in [0.05, 0.1) is 12.7 Å². The van der Waals surface area contributed by atoms with Crippen LogP contribution in [-0.4, -0.2) is 22.7 Å². The van der Waals surface area contributed by atoms with Crippen LogP contribution in [0.25, 0.3) is 0 Å².